The Morgan fingerprint density at radius 3 is 2.54 bits per heavy atom. The molecule has 4 rings (SSSR count). The Kier molecular flexibility index (Phi) is 7.16. The Bertz CT molecular complexity index is 1470. The van der Waals surface area contributed by atoms with E-state index < -0.39 is 17.8 Å². The Morgan fingerprint density at radius 2 is 1.89 bits per heavy atom. The fourth-order valence-corrected chi connectivity index (χ4v) is 5.00. The highest BCUT2D eigenvalue weighted by atomic mass is 32.1. The molecule has 7 nitrogen and oxygen atoms in total. The lowest BCUT2D eigenvalue weighted by Crippen LogP contribution is -2.39. The van der Waals surface area contributed by atoms with Gasteiger partial charge in [0.1, 0.15) is 5.82 Å². The van der Waals surface area contributed by atoms with Gasteiger partial charge in [-0.1, -0.05) is 29.5 Å². The van der Waals surface area contributed by atoms with Gasteiger partial charge in [-0.15, -0.1) is 0 Å². The maximum atomic E-state index is 13.7. The molecule has 0 N–H and O–H groups in total. The number of hydrogen-bond acceptors (Lipinski definition) is 7. The predicted molar refractivity (Wildman–Crippen MR) is 131 cm³/mol. The third-order valence-corrected chi connectivity index (χ3v) is 6.47. The molecule has 9 heteroatoms. The predicted octanol–water partition coefficient (Wildman–Crippen LogP) is 3.34. The van der Waals surface area contributed by atoms with E-state index in [2.05, 4.69) is 4.99 Å². The first-order chi connectivity index (χ1) is 16.9. The van der Waals surface area contributed by atoms with Crippen LogP contribution in [0.4, 0.5) is 4.39 Å². The molecular weight excluding hydrogens is 471 g/mol. The Morgan fingerprint density at radius 1 is 1.14 bits per heavy atom. The van der Waals surface area contributed by atoms with Crippen LogP contribution < -0.4 is 24.4 Å². The summed E-state index contributed by atoms with van der Waals surface area (Å²) in [6, 6.07) is 10.3. The van der Waals surface area contributed by atoms with E-state index in [1.54, 1.807) is 51.3 Å². The maximum absolute atomic E-state index is 13.7. The number of carbonyl (C=O) groups is 1. The average molecular weight is 497 g/mol. The number of allylic oxidation sites excluding steroid dienone is 1. The first-order valence-corrected chi connectivity index (χ1v) is 12.0. The summed E-state index contributed by atoms with van der Waals surface area (Å²) in [6.45, 7) is 5.94. The standard InChI is InChI=1S/C26H25FN2O5S/c1-5-33-20-13-16(7-12-19(20)32-4)14-21-24(30)29-23(17-8-10-18(27)11-9-17)22(25(31)34-6-2)15(3)28-26(29)35-21/h7-14,23H,5-6H2,1-4H3/b21-14-/t23-/m0/s1. The smallest absolute Gasteiger partial charge is 0.338 e. The number of rotatable bonds is 7. The second kappa shape index (κ2) is 10.3. The van der Waals surface area contributed by atoms with Gasteiger partial charge in [0.25, 0.3) is 5.56 Å². The van der Waals surface area contributed by atoms with Crippen molar-refractivity contribution in [1.82, 2.24) is 4.57 Å². The molecular formula is C26H25FN2O5S. The minimum Gasteiger partial charge on any atom is -0.493 e. The highest BCUT2D eigenvalue weighted by Crippen LogP contribution is 2.31. The molecule has 0 spiro atoms. The van der Waals surface area contributed by atoms with Crippen molar-refractivity contribution in [3.63, 3.8) is 0 Å². The highest BCUT2D eigenvalue weighted by Gasteiger charge is 2.33. The summed E-state index contributed by atoms with van der Waals surface area (Å²) in [5.41, 5.74) is 1.72. The zero-order valence-corrected chi connectivity index (χ0v) is 20.6. The van der Waals surface area contributed by atoms with Crippen LogP contribution in [0.15, 0.2) is 63.5 Å². The molecule has 2 aromatic carbocycles. The van der Waals surface area contributed by atoms with Gasteiger partial charge in [-0.3, -0.25) is 9.36 Å². The van der Waals surface area contributed by atoms with E-state index in [-0.39, 0.29) is 17.7 Å². The van der Waals surface area contributed by atoms with Crippen molar-refractivity contribution < 1.29 is 23.4 Å². The number of carbonyl (C=O) groups excluding carboxylic acids is 1. The Hall–Kier alpha value is -3.72. The van der Waals surface area contributed by atoms with Gasteiger partial charge in [-0.25, -0.2) is 14.2 Å². The summed E-state index contributed by atoms with van der Waals surface area (Å²) < 4.78 is 31.8. The molecule has 182 valence electrons. The SMILES string of the molecule is CCOC(=O)C1=C(C)N=c2s/c(=C\c3ccc(OC)c(OCC)c3)c(=O)n2[C@H]1c1ccc(F)cc1. The van der Waals surface area contributed by atoms with Crippen molar-refractivity contribution in [2.75, 3.05) is 20.3 Å². The summed E-state index contributed by atoms with van der Waals surface area (Å²) in [5.74, 6) is 0.190. The molecule has 0 fully saturated rings. The van der Waals surface area contributed by atoms with E-state index in [0.717, 1.165) is 5.56 Å². The van der Waals surface area contributed by atoms with Crippen LogP contribution in [-0.2, 0) is 9.53 Å². The van der Waals surface area contributed by atoms with E-state index >= 15 is 0 Å². The molecule has 1 aromatic heterocycles. The second-order valence-electron chi connectivity index (χ2n) is 7.70. The zero-order chi connectivity index (χ0) is 25.1. The van der Waals surface area contributed by atoms with Crippen LogP contribution in [-0.4, -0.2) is 30.9 Å². The largest absolute Gasteiger partial charge is 0.493 e. The fourth-order valence-electron chi connectivity index (χ4n) is 3.95. The lowest BCUT2D eigenvalue weighted by atomic mass is 9.96. The van der Waals surface area contributed by atoms with E-state index in [9.17, 15) is 14.0 Å². The monoisotopic (exact) mass is 496 g/mol. The number of thiazole rings is 1. The normalized spacial score (nSPS) is 15.5. The summed E-state index contributed by atoms with van der Waals surface area (Å²) in [7, 11) is 1.56. The molecule has 1 aliphatic rings. The highest BCUT2D eigenvalue weighted by molar-refractivity contribution is 7.07. The van der Waals surface area contributed by atoms with Gasteiger partial charge in [0.15, 0.2) is 16.3 Å². The number of methoxy groups -OCH3 is 1. The van der Waals surface area contributed by atoms with Crippen LogP contribution >= 0.6 is 11.3 Å². The average Bonchev–Trinajstić information content (AvgIpc) is 3.13. The molecule has 2 heterocycles. The third-order valence-electron chi connectivity index (χ3n) is 5.49. The number of fused-ring (bicyclic) bond motifs is 1. The number of esters is 1. The Labute approximate surface area is 205 Å². The van der Waals surface area contributed by atoms with Crippen LogP contribution in [0.5, 0.6) is 11.5 Å². The molecule has 0 unspecified atom stereocenters. The maximum Gasteiger partial charge on any atom is 0.338 e. The molecule has 1 atom stereocenters. The molecule has 0 saturated heterocycles. The summed E-state index contributed by atoms with van der Waals surface area (Å²) in [4.78, 5) is 31.5. The van der Waals surface area contributed by atoms with Crippen LogP contribution in [0.2, 0.25) is 0 Å². The summed E-state index contributed by atoms with van der Waals surface area (Å²) in [6.07, 6.45) is 1.75. The van der Waals surface area contributed by atoms with Crippen LogP contribution in [0.25, 0.3) is 6.08 Å². The topological polar surface area (TPSA) is 79.1 Å². The van der Waals surface area contributed by atoms with Crippen LogP contribution in [0.3, 0.4) is 0 Å². The van der Waals surface area contributed by atoms with E-state index in [4.69, 9.17) is 14.2 Å². The number of hydrogen-bond donors (Lipinski definition) is 0. The lowest BCUT2D eigenvalue weighted by Gasteiger charge is -2.24. The quantitative estimate of drug-likeness (QED) is 0.469. The molecule has 3 aromatic rings. The molecule has 1 aliphatic heterocycles. The van der Waals surface area contributed by atoms with Crippen molar-refractivity contribution in [3.05, 3.63) is 90.4 Å². The molecule has 0 saturated carbocycles. The fraction of sp³-hybridized carbons (Fsp3) is 0.269. The van der Waals surface area contributed by atoms with Crippen LogP contribution in [0, 0.1) is 5.82 Å². The van der Waals surface area contributed by atoms with E-state index in [1.807, 2.05) is 13.0 Å². The van der Waals surface area contributed by atoms with E-state index in [1.165, 1.54) is 28.0 Å². The first kappa shape index (κ1) is 24.4. The van der Waals surface area contributed by atoms with Crippen molar-refractivity contribution in [2.24, 2.45) is 4.99 Å². The molecule has 0 radical (unpaired) electrons. The van der Waals surface area contributed by atoms with Gasteiger partial charge in [-0.05, 0) is 62.2 Å². The number of nitrogens with zero attached hydrogens (tertiary/aromatic N) is 2. The van der Waals surface area contributed by atoms with Crippen molar-refractivity contribution >= 4 is 23.4 Å². The third kappa shape index (κ3) is 4.77. The minimum absolute atomic E-state index is 0.176. The number of ether oxygens (including phenoxy) is 3. The molecule has 0 amide bonds. The minimum atomic E-state index is -0.789. The van der Waals surface area contributed by atoms with Gasteiger partial charge in [0.05, 0.1) is 42.2 Å². The van der Waals surface area contributed by atoms with Gasteiger partial charge in [0, 0.05) is 0 Å². The number of benzene rings is 2. The van der Waals surface area contributed by atoms with Crippen molar-refractivity contribution in [1.29, 1.82) is 0 Å². The molecule has 35 heavy (non-hydrogen) atoms. The van der Waals surface area contributed by atoms with Gasteiger partial charge >= 0.3 is 5.97 Å². The number of aromatic nitrogens is 1. The lowest BCUT2D eigenvalue weighted by molar-refractivity contribution is -0.139. The molecule has 0 bridgehead atoms. The van der Waals surface area contributed by atoms with Gasteiger partial charge in [-0.2, -0.15) is 0 Å². The summed E-state index contributed by atoms with van der Waals surface area (Å²) >= 11 is 1.21. The first-order valence-electron chi connectivity index (χ1n) is 11.1. The molecule has 0 aliphatic carbocycles. The summed E-state index contributed by atoms with van der Waals surface area (Å²) in [5, 5.41) is 0. The number of halogens is 1. The van der Waals surface area contributed by atoms with E-state index in [0.29, 0.717) is 38.7 Å². The second-order valence-corrected chi connectivity index (χ2v) is 8.71. The Balaban J connectivity index is 1.91. The van der Waals surface area contributed by atoms with Gasteiger partial charge in [0.2, 0.25) is 0 Å². The van der Waals surface area contributed by atoms with Crippen molar-refractivity contribution in [2.45, 2.75) is 26.8 Å². The van der Waals surface area contributed by atoms with Gasteiger partial charge < -0.3 is 14.2 Å². The van der Waals surface area contributed by atoms with Crippen LogP contribution in [0.1, 0.15) is 37.9 Å². The van der Waals surface area contributed by atoms with Crippen molar-refractivity contribution in [3.8, 4) is 11.5 Å². The zero-order valence-electron chi connectivity index (χ0n) is 19.8.